The lowest BCUT2D eigenvalue weighted by molar-refractivity contribution is -0.149. The first-order valence-corrected chi connectivity index (χ1v) is 14.5. The molecule has 1 N–H and O–H groups in total. The zero-order chi connectivity index (χ0) is 28.9. The summed E-state index contributed by atoms with van der Waals surface area (Å²) in [5.74, 6) is -2.54. The summed E-state index contributed by atoms with van der Waals surface area (Å²) >= 11 is 6.60. The molecule has 0 aromatic heterocycles. The van der Waals surface area contributed by atoms with Crippen LogP contribution in [0.15, 0.2) is 72.8 Å². The summed E-state index contributed by atoms with van der Waals surface area (Å²) in [5.41, 5.74) is -0.0474. The van der Waals surface area contributed by atoms with Crippen LogP contribution in [-0.4, -0.2) is 76.1 Å². The van der Waals surface area contributed by atoms with Gasteiger partial charge in [-0.15, -0.1) is 0 Å². The molecule has 4 heterocycles. The Balaban J connectivity index is 1.44. The van der Waals surface area contributed by atoms with E-state index in [0.29, 0.717) is 30.2 Å². The number of ether oxygens (including phenoxy) is 1. The number of amides is 3. The molecule has 214 valence electrons. The molecular formula is C32H34ClN3O5. The van der Waals surface area contributed by atoms with Gasteiger partial charge in [0.15, 0.2) is 0 Å². The van der Waals surface area contributed by atoms with Crippen LogP contribution in [0.3, 0.4) is 0 Å². The first-order chi connectivity index (χ1) is 19.7. The van der Waals surface area contributed by atoms with E-state index in [4.69, 9.17) is 16.3 Å². The number of hydrogen-bond donors (Lipinski definition) is 1. The molecule has 4 aliphatic heterocycles. The second-order valence-corrected chi connectivity index (χ2v) is 11.9. The van der Waals surface area contributed by atoms with Crippen molar-refractivity contribution < 1.29 is 24.2 Å². The second-order valence-electron chi connectivity index (χ2n) is 11.5. The summed E-state index contributed by atoms with van der Waals surface area (Å²) in [7, 11) is 0. The predicted octanol–water partition coefficient (Wildman–Crippen LogP) is 3.50. The molecule has 1 spiro atoms. The van der Waals surface area contributed by atoms with Gasteiger partial charge in [-0.25, -0.2) is 0 Å². The summed E-state index contributed by atoms with van der Waals surface area (Å²) in [4.78, 5) is 48.1. The van der Waals surface area contributed by atoms with Gasteiger partial charge in [-0.1, -0.05) is 78.4 Å². The van der Waals surface area contributed by atoms with E-state index in [0.717, 1.165) is 11.1 Å². The van der Waals surface area contributed by atoms with Gasteiger partial charge in [0.2, 0.25) is 11.8 Å². The van der Waals surface area contributed by atoms with Crippen molar-refractivity contribution in [2.24, 2.45) is 11.8 Å². The van der Waals surface area contributed by atoms with Crippen LogP contribution in [0.25, 0.3) is 0 Å². The molecule has 0 aliphatic carbocycles. The average molecular weight is 576 g/mol. The van der Waals surface area contributed by atoms with Crippen molar-refractivity contribution >= 4 is 35.0 Å². The van der Waals surface area contributed by atoms with Crippen molar-refractivity contribution in [3.8, 4) is 0 Å². The van der Waals surface area contributed by atoms with E-state index < -0.39 is 29.1 Å². The molecule has 9 heteroatoms. The molecule has 2 saturated heterocycles. The Morgan fingerprint density at radius 3 is 2.44 bits per heavy atom. The van der Waals surface area contributed by atoms with Crippen LogP contribution in [0.2, 0.25) is 5.02 Å². The highest BCUT2D eigenvalue weighted by molar-refractivity contribution is 6.34. The Bertz CT molecular complexity index is 1420. The molecule has 1 unspecified atom stereocenters. The van der Waals surface area contributed by atoms with E-state index in [-0.39, 0.29) is 37.4 Å². The number of carbonyl (C=O) groups excluding carboxylic acids is 3. The number of anilines is 1. The average Bonchev–Trinajstić information content (AvgIpc) is 3.22. The number of aliphatic hydroxyl groups excluding tert-OH is 1. The van der Waals surface area contributed by atoms with Crippen LogP contribution in [0.4, 0.5) is 5.69 Å². The number of fused-ring (bicyclic) bond motifs is 2. The molecule has 41 heavy (non-hydrogen) atoms. The van der Waals surface area contributed by atoms with Crippen LogP contribution in [0, 0.1) is 18.8 Å². The highest BCUT2D eigenvalue weighted by atomic mass is 35.5. The van der Waals surface area contributed by atoms with Gasteiger partial charge >= 0.3 is 0 Å². The molecule has 8 nitrogen and oxygen atoms in total. The number of carbonyl (C=O) groups is 3. The van der Waals surface area contributed by atoms with Gasteiger partial charge in [0.25, 0.3) is 5.91 Å². The van der Waals surface area contributed by atoms with Crippen molar-refractivity contribution in [2.45, 2.75) is 44.1 Å². The molecule has 0 bridgehead atoms. The minimum Gasteiger partial charge on any atom is -0.396 e. The summed E-state index contributed by atoms with van der Waals surface area (Å²) in [5, 5.41) is 10.1. The van der Waals surface area contributed by atoms with Gasteiger partial charge in [0, 0.05) is 32.8 Å². The number of likely N-dealkylation sites (tertiary alicyclic amines) is 1. The smallest absolute Gasteiger partial charge is 0.253 e. The maximum Gasteiger partial charge on any atom is 0.253 e. The van der Waals surface area contributed by atoms with Crippen molar-refractivity contribution in [1.82, 2.24) is 9.80 Å². The fraction of sp³-hybridized carbons (Fsp3) is 0.406. The topological polar surface area (TPSA) is 90.4 Å². The third kappa shape index (κ3) is 4.31. The van der Waals surface area contributed by atoms with Gasteiger partial charge in [0.1, 0.15) is 11.6 Å². The lowest BCUT2D eigenvalue weighted by atomic mass is 9.74. The molecule has 4 aliphatic rings. The molecule has 6 rings (SSSR count). The number of rotatable bonds is 6. The number of aliphatic hydroxyl groups is 1. The quantitative estimate of drug-likeness (QED) is 0.533. The minimum atomic E-state index is -1.36. The van der Waals surface area contributed by atoms with Gasteiger partial charge in [0.05, 0.1) is 28.1 Å². The lowest BCUT2D eigenvalue weighted by Crippen LogP contribution is -2.56. The van der Waals surface area contributed by atoms with E-state index in [1.165, 1.54) is 4.90 Å². The van der Waals surface area contributed by atoms with Crippen molar-refractivity contribution in [2.75, 3.05) is 31.1 Å². The highest BCUT2D eigenvalue weighted by Crippen LogP contribution is 2.57. The van der Waals surface area contributed by atoms with Gasteiger partial charge in [-0.05, 0) is 37.5 Å². The Kier molecular flexibility index (Phi) is 7.04. The van der Waals surface area contributed by atoms with Crippen LogP contribution >= 0.6 is 11.6 Å². The highest BCUT2D eigenvalue weighted by Gasteiger charge is 2.74. The third-order valence-corrected chi connectivity index (χ3v) is 9.18. The monoisotopic (exact) mass is 575 g/mol. The van der Waals surface area contributed by atoms with Gasteiger partial charge < -0.3 is 24.5 Å². The normalized spacial score (nSPS) is 30.8. The van der Waals surface area contributed by atoms with Crippen molar-refractivity contribution in [1.29, 1.82) is 0 Å². The number of halogens is 1. The largest absolute Gasteiger partial charge is 0.396 e. The van der Waals surface area contributed by atoms with E-state index in [1.807, 2.05) is 80.6 Å². The summed E-state index contributed by atoms with van der Waals surface area (Å²) in [6, 6.07) is 14.2. The molecule has 2 fully saturated rings. The van der Waals surface area contributed by atoms with Crippen molar-refractivity contribution in [3.63, 3.8) is 0 Å². The first-order valence-electron chi connectivity index (χ1n) is 14.1. The Morgan fingerprint density at radius 1 is 0.951 bits per heavy atom. The zero-order valence-electron chi connectivity index (χ0n) is 23.2. The zero-order valence-corrected chi connectivity index (χ0v) is 24.0. The SMILES string of the molecule is Cc1cccc(Cl)c1N1CC=C[C@]23O[C@@]4(C)C=CCN(Cc5ccccc5)C(=O)[C@H]4[C@H]2C(=O)N(CCCO)C3C1=O. The van der Waals surface area contributed by atoms with Crippen LogP contribution < -0.4 is 4.90 Å². The fourth-order valence-electron chi connectivity index (χ4n) is 7.16. The molecule has 0 radical (unpaired) electrons. The van der Waals surface area contributed by atoms with Crippen LogP contribution in [0.1, 0.15) is 24.5 Å². The number of benzene rings is 2. The van der Waals surface area contributed by atoms with Crippen LogP contribution in [-0.2, 0) is 25.7 Å². The van der Waals surface area contributed by atoms with E-state index in [2.05, 4.69) is 0 Å². The lowest BCUT2D eigenvalue weighted by Gasteiger charge is -2.37. The molecule has 2 aromatic carbocycles. The van der Waals surface area contributed by atoms with Gasteiger partial charge in [-0.3, -0.25) is 14.4 Å². The molecular weight excluding hydrogens is 542 g/mol. The molecule has 3 amide bonds. The summed E-state index contributed by atoms with van der Waals surface area (Å²) in [6.45, 7) is 4.79. The minimum absolute atomic E-state index is 0.139. The van der Waals surface area contributed by atoms with Gasteiger partial charge in [-0.2, -0.15) is 0 Å². The van der Waals surface area contributed by atoms with Crippen LogP contribution in [0.5, 0.6) is 0 Å². The van der Waals surface area contributed by atoms with E-state index in [9.17, 15) is 19.5 Å². The third-order valence-electron chi connectivity index (χ3n) is 8.87. The molecule has 2 aromatic rings. The Morgan fingerprint density at radius 2 is 1.71 bits per heavy atom. The first kappa shape index (κ1) is 27.7. The van der Waals surface area contributed by atoms with E-state index in [1.54, 1.807) is 15.9 Å². The Hall–Kier alpha value is -3.46. The number of para-hydroxylation sites is 1. The predicted molar refractivity (Wildman–Crippen MR) is 155 cm³/mol. The number of nitrogens with zero attached hydrogens (tertiary/aromatic N) is 3. The Labute approximate surface area is 244 Å². The van der Waals surface area contributed by atoms with E-state index >= 15 is 0 Å². The standard InChI is InChI=1S/C32H34ClN3O5/c1-21-10-6-13-23(33)26(21)35-17-8-15-32-25(29(39)36(18-9-19-37)27(32)30(35)40)24-28(38)34(16-7-14-31(24,2)41-32)20-22-11-4-3-5-12-22/h3-8,10-15,24-25,27,37H,9,16-20H2,1-2H3/t24-,25+,27?,31+,32+/m1/s1. The number of aryl methyl sites for hydroxylation is 1. The summed E-state index contributed by atoms with van der Waals surface area (Å²) in [6.07, 6.45) is 7.77. The maximum atomic E-state index is 14.5. The maximum absolute atomic E-state index is 14.5. The fourth-order valence-corrected chi connectivity index (χ4v) is 7.49. The molecule has 0 saturated carbocycles. The molecule has 5 atom stereocenters. The second kappa shape index (κ2) is 10.4. The van der Waals surface area contributed by atoms with Crippen molar-refractivity contribution in [3.05, 3.63) is 89.0 Å². The number of hydrogen-bond acceptors (Lipinski definition) is 5. The summed E-state index contributed by atoms with van der Waals surface area (Å²) < 4.78 is 6.87.